The SMILES string of the molecule is Cc1ccc(-c2nc(C)c(C(=O)Nc3ccccc3OCCn3ccnc3)s2)o1. The Labute approximate surface area is 172 Å². The molecule has 0 unspecified atom stereocenters. The number of imidazole rings is 1. The van der Waals surface area contributed by atoms with E-state index in [0.717, 1.165) is 5.76 Å². The molecule has 1 N–H and O–H groups in total. The number of thiazole rings is 1. The van der Waals surface area contributed by atoms with Crippen molar-refractivity contribution in [2.75, 3.05) is 11.9 Å². The molecule has 0 bridgehead atoms. The van der Waals surface area contributed by atoms with Crippen LogP contribution in [0.5, 0.6) is 5.75 Å². The second-order valence-electron chi connectivity index (χ2n) is 6.44. The molecule has 4 rings (SSSR count). The molecule has 29 heavy (non-hydrogen) atoms. The summed E-state index contributed by atoms with van der Waals surface area (Å²) >= 11 is 1.31. The van der Waals surface area contributed by atoms with Crippen molar-refractivity contribution in [1.29, 1.82) is 0 Å². The number of nitrogens with one attached hydrogen (secondary N) is 1. The topological polar surface area (TPSA) is 82.2 Å². The molecule has 7 nitrogen and oxygen atoms in total. The molecule has 0 aliphatic carbocycles. The maximum Gasteiger partial charge on any atom is 0.267 e. The zero-order valence-corrected chi connectivity index (χ0v) is 16.9. The predicted molar refractivity (Wildman–Crippen MR) is 111 cm³/mol. The van der Waals surface area contributed by atoms with Gasteiger partial charge in [-0.05, 0) is 38.1 Å². The maximum absolute atomic E-state index is 12.9. The minimum atomic E-state index is -0.222. The van der Waals surface area contributed by atoms with Crippen molar-refractivity contribution < 1.29 is 13.9 Å². The quantitative estimate of drug-likeness (QED) is 0.485. The smallest absolute Gasteiger partial charge is 0.267 e. The number of aromatic nitrogens is 3. The lowest BCUT2D eigenvalue weighted by Crippen LogP contribution is -2.13. The van der Waals surface area contributed by atoms with Gasteiger partial charge in [-0.15, -0.1) is 11.3 Å². The summed E-state index contributed by atoms with van der Waals surface area (Å²) in [5, 5.41) is 3.62. The highest BCUT2D eigenvalue weighted by atomic mass is 32.1. The van der Waals surface area contributed by atoms with Gasteiger partial charge in [-0.25, -0.2) is 9.97 Å². The Morgan fingerprint density at radius 2 is 2.10 bits per heavy atom. The van der Waals surface area contributed by atoms with Gasteiger partial charge in [0.25, 0.3) is 5.91 Å². The van der Waals surface area contributed by atoms with E-state index in [1.165, 1.54) is 11.3 Å². The summed E-state index contributed by atoms with van der Waals surface area (Å²) < 4.78 is 13.4. The van der Waals surface area contributed by atoms with Crippen LogP contribution in [0.2, 0.25) is 0 Å². The van der Waals surface area contributed by atoms with Crippen molar-refractivity contribution in [2.24, 2.45) is 0 Å². The first kappa shape index (κ1) is 18.9. The van der Waals surface area contributed by atoms with Gasteiger partial charge in [-0.3, -0.25) is 4.79 Å². The third-order valence-corrected chi connectivity index (χ3v) is 5.43. The van der Waals surface area contributed by atoms with Crippen LogP contribution in [-0.4, -0.2) is 27.0 Å². The zero-order valence-electron chi connectivity index (χ0n) is 16.1. The number of anilines is 1. The van der Waals surface area contributed by atoms with Gasteiger partial charge in [-0.1, -0.05) is 12.1 Å². The molecule has 148 valence electrons. The van der Waals surface area contributed by atoms with Crippen molar-refractivity contribution in [1.82, 2.24) is 14.5 Å². The third kappa shape index (κ3) is 4.38. The lowest BCUT2D eigenvalue weighted by atomic mass is 10.2. The van der Waals surface area contributed by atoms with Crippen LogP contribution in [0.25, 0.3) is 10.8 Å². The van der Waals surface area contributed by atoms with Gasteiger partial charge in [0.15, 0.2) is 10.8 Å². The van der Waals surface area contributed by atoms with Crippen LogP contribution in [0.4, 0.5) is 5.69 Å². The predicted octanol–water partition coefficient (Wildman–Crippen LogP) is 4.55. The first-order valence-corrected chi connectivity index (χ1v) is 9.95. The van der Waals surface area contributed by atoms with Crippen LogP contribution in [-0.2, 0) is 6.54 Å². The summed E-state index contributed by atoms with van der Waals surface area (Å²) in [6.45, 7) is 4.83. The van der Waals surface area contributed by atoms with E-state index in [2.05, 4.69) is 15.3 Å². The summed E-state index contributed by atoms with van der Waals surface area (Å²) in [5.41, 5.74) is 1.28. The van der Waals surface area contributed by atoms with Gasteiger partial charge < -0.3 is 19.0 Å². The van der Waals surface area contributed by atoms with E-state index in [-0.39, 0.29) is 5.91 Å². The van der Waals surface area contributed by atoms with Gasteiger partial charge in [0.1, 0.15) is 23.0 Å². The average molecular weight is 408 g/mol. The van der Waals surface area contributed by atoms with Crippen LogP contribution < -0.4 is 10.1 Å². The number of para-hydroxylation sites is 2. The van der Waals surface area contributed by atoms with Gasteiger partial charge >= 0.3 is 0 Å². The van der Waals surface area contributed by atoms with Crippen molar-refractivity contribution in [2.45, 2.75) is 20.4 Å². The number of benzene rings is 1. The molecule has 3 heterocycles. The number of amides is 1. The van der Waals surface area contributed by atoms with Crippen molar-refractivity contribution in [3.63, 3.8) is 0 Å². The number of hydrogen-bond acceptors (Lipinski definition) is 6. The first-order valence-electron chi connectivity index (χ1n) is 9.13. The molecule has 1 amide bonds. The Kier molecular flexibility index (Phi) is 5.44. The van der Waals surface area contributed by atoms with E-state index < -0.39 is 0 Å². The van der Waals surface area contributed by atoms with E-state index in [4.69, 9.17) is 9.15 Å². The van der Waals surface area contributed by atoms with Crippen LogP contribution in [0.3, 0.4) is 0 Å². The van der Waals surface area contributed by atoms with E-state index >= 15 is 0 Å². The van der Waals surface area contributed by atoms with Gasteiger partial charge in [-0.2, -0.15) is 0 Å². The van der Waals surface area contributed by atoms with E-state index in [0.29, 0.717) is 45.9 Å². The van der Waals surface area contributed by atoms with E-state index in [1.54, 1.807) is 12.5 Å². The second-order valence-corrected chi connectivity index (χ2v) is 7.44. The van der Waals surface area contributed by atoms with Gasteiger partial charge in [0, 0.05) is 12.4 Å². The lowest BCUT2D eigenvalue weighted by Gasteiger charge is -2.12. The minimum Gasteiger partial charge on any atom is -0.490 e. The summed E-state index contributed by atoms with van der Waals surface area (Å²) in [6.07, 6.45) is 5.34. The third-order valence-electron chi connectivity index (χ3n) is 4.26. The summed E-state index contributed by atoms with van der Waals surface area (Å²) in [5.74, 6) is 1.86. The molecule has 0 spiro atoms. The zero-order chi connectivity index (χ0) is 20.2. The van der Waals surface area contributed by atoms with Crippen LogP contribution in [0.1, 0.15) is 21.1 Å². The molecule has 0 saturated heterocycles. The number of aryl methyl sites for hydroxylation is 2. The normalized spacial score (nSPS) is 10.8. The number of hydrogen-bond donors (Lipinski definition) is 1. The fraction of sp³-hybridized carbons (Fsp3) is 0.190. The number of rotatable bonds is 7. The Morgan fingerprint density at radius 3 is 2.86 bits per heavy atom. The maximum atomic E-state index is 12.9. The number of ether oxygens (including phenoxy) is 1. The molecular formula is C21H20N4O3S. The number of furan rings is 1. The number of carbonyl (C=O) groups excluding carboxylic acids is 1. The number of nitrogens with zero attached hydrogens (tertiary/aromatic N) is 3. The van der Waals surface area contributed by atoms with Gasteiger partial charge in [0.2, 0.25) is 0 Å². The molecule has 0 aliphatic heterocycles. The van der Waals surface area contributed by atoms with Crippen LogP contribution in [0.15, 0.2) is 59.5 Å². The standard InChI is InChI=1S/C21H20N4O3S/c1-14-7-8-18(28-14)21-23-15(2)19(29-21)20(26)24-16-5-3-4-6-17(16)27-12-11-25-10-9-22-13-25/h3-10,13H,11-12H2,1-2H3,(H,24,26). The van der Waals surface area contributed by atoms with Crippen molar-refractivity contribution in [3.8, 4) is 16.5 Å². The highest BCUT2D eigenvalue weighted by molar-refractivity contribution is 7.17. The first-order chi connectivity index (χ1) is 14.1. The highest BCUT2D eigenvalue weighted by Gasteiger charge is 2.19. The van der Waals surface area contributed by atoms with Crippen LogP contribution in [0, 0.1) is 13.8 Å². The monoisotopic (exact) mass is 408 g/mol. The van der Waals surface area contributed by atoms with Crippen molar-refractivity contribution >= 4 is 22.9 Å². The molecule has 3 aromatic heterocycles. The Hall–Kier alpha value is -3.39. The number of carbonyl (C=O) groups is 1. The van der Waals surface area contributed by atoms with Crippen LogP contribution >= 0.6 is 11.3 Å². The molecule has 0 radical (unpaired) electrons. The van der Waals surface area contributed by atoms with E-state index in [1.807, 2.05) is 61.0 Å². The lowest BCUT2D eigenvalue weighted by molar-refractivity contribution is 0.102. The molecule has 4 aromatic rings. The Morgan fingerprint density at radius 1 is 1.24 bits per heavy atom. The summed E-state index contributed by atoms with van der Waals surface area (Å²) in [6, 6.07) is 11.1. The largest absolute Gasteiger partial charge is 0.490 e. The second kappa shape index (κ2) is 8.32. The molecule has 0 fully saturated rings. The summed E-state index contributed by atoms with van der Waals surface area (Å²) in [7, 11) is 0. The molecule has 8 heteroatoms. The average Bonchev–Trinajstić information content (AvgIpc) is 3.44. The molecular weight excluding hydrogens is 388 g/mol. The molecule has 0 aliphatic rings. The fourth-order valence-electron chi connectivity index (χ4n) is 2.82. The minimum absolute atomic E-state index is 0.222. The van der Waals surface area contributed by atoms with E-state index in [9.17, 15) is 4.79 Å². The Bertz CT molecular complexity index is 1110. The van der Waals surface area contributed by atoms with Gasteiger partial charge in [0.05, 0.1) is 24.3 Å². The fourth-order valence-corrected chi connectivity index (χ4v) is 3.74. The van der Waals surface area contributed by atoms with Crippen molar-refractivity contribution in [3.05, 3.63) is 71.5 Å². The Balaban J connectivity index is 1.46. The molecule has 0 atom stereocenters. The molecule has 0 saturated carbocycles. The highest BCUT2D eigenvalue weighted by Crippen LogP contribution is 2.31. The summed E-state index contributed by atoms with van der Waals surface area (Å²) in [4.78, 5) is 21.9. The molecule has 1 aromatic carbocycles.